The Bertz CT molecular complexity index is 505. The second kappa shape index (κ2) is 6.63. The summed E-state index contributed by atoms with van der Waals surface area (Å²) in [6, 6.07) is 4.39. The van der Waals surface area contributed by atoms with Crippen molar-refractivity contribution in [2.24, 2.45) is 5.73 Å². The standard InChI is InChI=1S/C12H17BrFNO2S/c1-2-18(16,17)7-3-4-12(15)9-5-6-10(13)11(14)8-9/h5-6,8,12H,2-4,7,15H2,1H3. The highest BCUT2D eigenvalue weighted by molar-refractivity contribution is 9.10. The van der Waals surface area contributed by atoms with Gasteiger partial charge in [-0.05, 0) is 46.5 Å². The molecule has 2 N–H and O–H groups in total. The Labute approximate surface area is 116 Å². The van der Waals surface area contributed by atoms with Gasteiger partial charge in [-0.15, -0.1) is 0 Å². The van der Waals surface area contributed by atoms with Crippen LogP contribution in [0.1, 0.15) is 31.4 Å². The first-order chi connectivity index (χ1) is 8.35. The van der Waals surface area contributed by atoms with Crippen molar-refractivity contribution in [3.05, 3.63) is 34.1 Å². The summed E-state index contributed by atoms with van der Waals surface area (Å²) < 4.78 is 36.3. The fourth-order valence-electron chi connectivity index (χ4n) is 1.58. The van der Waals surface area contributed by atoms with Gasteiger partial charge in [-0.2, -0.15) is 0 Å². The van der Waals surface area contributed by atoms with Crippen molar-refractivity contribution in [3.63, 3.8) is 0 Å². The first kappa shape index (κ1) is 15.6. The van der Waals surface area contributed by atoms with Crippen molar-refractivity contribution in [1.82, 2.24) is 0 Å². The Morgan fingerprint density at radius 3 is 2.67 bits per heavy atom. The van der Waals surface area contributed by atoms with Crippen LogP contribution in [0.5, 0.6) is 0 Å². The van der Waals surface area contributed by atoms with Gasteiger partial charge < -0.3 is 5.73 Å². The van der Waals surface area contributed by atoms with Gasteiger partial charge in [-0.3, -0.25) is 0 Å². The first-order valence-electron chi connectivity index (χ1n) is 5.76. The zero-order chi connectivity index (χ0) is 13.8. The van der Waals surface area contributed by atoms with Gasteiger partial charge in [-0.1, -0.05) is 13.0 Å². The molecule has 0 aliphatic rings. The molecule has 1 atom stereocenters. The van der Waals surface area contributed by atoms with Gasteiger partial charge in [0, 0.05) is 11.8 Å². The molecule has 3 nitrogen and oxygen atoms in total. The highest BCUT2D eigenvalue weighted by Crippen LogP contribution is 2.22. The summed E-state index contributed by atoms with van der Waals surface area (Å²) in [7, 11) is -2.95. The summed E-state index contributed by atoms with van der Waals surface area (Å²) in [5, 5.41) is 0. The molecule has 1 aromatic rings. The number of hydrogen-bond donors (Lipinski definition) is 1. The Balaban J connectivity index is 2.55. The van der Waals surface area contributed by atoms with Crippen molar-refractivity contribution < 1.29 is 12.8 Å². The lowest BCUT2D eigenvalue weighted by Gasteiger charge is -2.12. The average molecular weight is 338 g/mol. The molecule has 1 unspecified atom stereocenters. The SMILES string of the molecule is CCS(=O)(=O)CCCC(N)c1ccc(Br)c(F)c1. The molecule has 0 aliphatic heterocycles. The zero-order valence-corrected chi connectivity index (χ0v) is 12.6. The number of nitrogens with two attached hydrogens (primary N) is 1. The predicted molar refractivity (Wildman–Crippen MR) is 74.6 cm³/mol. The smallest absolute Gasteiger partial charge is 0.150 e. The lowest BCUT2D eigenvalue weighted by molar-refractivity contribution is 0.579. The van der Waals surface area contributed by atoms with E-state index in [1.807, 2.05) is 0 Å². The van der Waals surface area contributed by atoms with E-state index in [1.54, 1.807) is 19.1 Å². The lowest BCUT2D eigenvalue weighted by atomic mass is 10.0. The molecule has 0 radical (unpaired) electrons. The van der Waals surface area contributed by atoms with Crippen molar-refractivity contribution in [2.45, 2.75) is 25.8 Å². The number of sulfone groups is 1. The Morgan fingerprint density at radius 2 is 2.11 bits per heavy atom. The second-order valence-electron chi connectivity index (χ2n) is 4.16. The molecule has 0 bridgehead atoms. The van der Waals surface area contributed by atoms with Gasteiger partial charge in [0.25, 0.3) is 0 Å². The van der Waals surface area contributed by atoms with Crippen LogP contribution in [0.25, 0.3) is 0 Å². The van der Waals surface area contributed by atoms with Gasteiger partial charge in [0.05, 0.1) is 10.2 Å². The van der Waals surface area contributed by atoms with Crippen molar-refractivity contribution in [1.29, 1.82) is 0 Å². The average Bonchev–Trinajstić information content (AvgIpc) is 2.32. The van der Waals surface area contributed by atoms with E-state index >= 15 is 0 Å². The molecular weight excluding hydrogens is 321 g/mol. The third kappa shape index (κ3) is 4.66. The Kier molecular flexibility index (Phi) is 5.75. The monoisotopic (exact) mass is 337 g/mol. The summed E-state index contributed by atoms with van der Waals surface area (Å²) in [6.07, 6.45) is 1.02. The minimum Gasteiger partial charge on any atom is -0.324 e. The molecule has 0 aromatic heterocycles. The summed E-state index contributed by atoms with van der Waals surface area (Å²) in [5.41, 5.74) is 6.59. The highest BCUT2D eigenvalue weighted by Gasteiger charge is 2.12. The van der Waals surface area contributed by atoms with E-state index < -0.39 is 9.84 Å². The quantitative estimate of drug-likeness (QED) is 0.868. The molecule has 1 aromatic carbocycles. The Hall–Kier alpha value is -0.460. The summed E-state index contributed by atoms with van der Waals surface area (Å²) >= 11 is 3.07. The number of hydrogen-bond acceptors (Lipinski definition) is 3. The molecule has 18 heavy (non-hydrogen) atoms. The van der Waals surface area contributed by atoms with Gasteiger partial charge in [0.1, 0.15) is 15.7 Å². The van der Waals surface area contributed by atoms with Crippen LogP contribution in [0, 0.1) is 5.82 Å². The largest absolute Gasteiger partial charge is 0.324 e. The van der Waals surface area contributed by atoms with Gasteiger partial charge in [0.15, 0.2) is 0 Å². The van der Waals surface area contributed by atoms with E-state index in [1.165, 1.54) is 6.07 Å². The van der Waals surface area contributed by atoms with E-state index in [9.17, 15) is 12.8 Å². The maximum atomic E-state index is 13.3. The molecular formula is C12H17BrFNO2S. The van der Waals surface area contributed by atoms with E-state index in [-0.39, 0.29) is 23.4 Å². The molecule has 0 saturated heterocycles. The molecule has 102 valence electrons. The number of halogens is 2. The summed E-state index contributed by atoms with van der Waals surface area (Å²) in [6.45, 7) is 1.62. The van der Waals surface area contributed by atoms with Crippen LogP contribution >= 0.6 is 15.9 Å². The highest BCUT2D eigenvalue weighted by atomic mass is 79.9. The van der Waals surface area contributed by atoms with E-state index in [0.29, 0.717) is 22.9 Å². The normalized spacial score (nSPS) is 13.6. The van der Waals surface area contributed by atoms with Crippen LogP contribution in [0.3, 0.4) is 0 Å². The van der Waals surface area contributed by atoms with Gasteiger partial charge in [-0.25, -0.2) is 12.8 Å². The van der Waals surface area contributed by atoms with E-state index in [0.717, 1.165) is 0 Å². The molecule has 0 aliphatic carbocycles. The summed E-state index contributed by atoms with van der Waals surface area (Å²) in [4.78, 5) is 0. The van der Waals surface area contributed by atoms with Crippen LogP contribution < -0.4 is 5.73 Å². The molecule has 1 rings (SSSR count). The molecule has 0 heterocycles. The van der Waals surface area contributed by atoms with Crippen molar-refractivity contribution in [2.75, 3.05) is 11.5 Å². The van der Waals surface area contributed by atoms with Crippen LogP contribution in [0.2, 0.25) is 0 Å². The maximum absolute atomic E-state index is 13.3. The maximum Gasteiger partial charge on any atom is 0.150 e. The van der Waals surface area contributed by atoms with Crippen molar-refractivity contribution >= 4 is 25.8 Å². The van der Waals surface area contributed by atoms with Gasteiger partial charge >= 0.3 is 0 Å². The minimum absolute atomic E-state index is 0.135. The third-order valence-electron chi connectivity index (χ3n) is 2.78. The Morgan fingerprint density at radius 1 is 1.44 bits per heavy atom. The molecule has 0 saturated carbocycles. The summed E-state index contributed by atoms with van der Waals surface area (Å²) in [5.74, 6) is -0.0742. The molecule has 6 heteroatoms. The van der Waals surface area contributed by atoms with Crippen LogP contribution in [0.15, 0.2) is 22.7 Å². The van der Waals surface area contributed by atoms with Crippen LogP contribution in [0.4, 0.5) is 4.39 Å². The van der Waals surface area contributed by atoms with Crippen LogP contribution in [-0.4, -0.2) is 19.9 Å². The first-order valence-corrected chi connectivity index (χ1v) is 8.38. The number of rotatable bonds is 6. The number of benzene rings is 1. The molecule has 0 amide bonds. The fraction of sp³-hybridized carbons (Fsp3) is 0.500. The van der Waals surface area contributed by atoms with Crippen LogP contribution in [-0.2, 0) is 9.84 Å². The fourth-order valence-corrected chi connectivity index (χ4v) is 2.72. The second-order valence-corrected chi connectivity index (χ2v) is 7.49. The van der Waals surface area contributed by atoms with Gasteiger partial charge in [0.2, 0.25) is 0 Å². The topological polar surface area (TPSA) is 60.2 Å². The molecule has 0 spiro atoms. The van der Waals surface area contributed by atoms with E-state index in [4.69, 9.17) is 5.73 Å². The predicted octanol–water partition coefficient (Wildman–Crippen LogP) is 2.80. The minimum atomic E-state index is -2.95. The molecule has 0 fully saturated rings. The third-order valence-corrected chi connectivity index (χ3v) is 5.22. The zero-order valence-electron chi connectivity index (χ0n) is 10.2. The van der Waals surface area contributed by atoms with E-state index in [2.05, 4.69) is 15.9 Å². The lowest BCUT2D eigenvalue weighted by Crippen LogP contribution is -2.14. The van der Waals surface area contributed by atoms with Crippen molar-refractivity contribution in [3.8, 4) is 0 Å².